The Morgan fingerprint density at radius 1 is 1.00 bits per heavy atom. The van der Waals surface area contributed by atoms with E-state index in [1.165, 1.54) is 0 Å². The van der Waals surface area contributed by atoms with Gasteiger partial charge in [0.1, 0.15) is 0 Å². The molecule has 0 saturated heterocycles. The predicted octanol–water partition coefficient (Wildman–Crippen LogP) is 1.22. The zero-order chi connectivity index (χ0) is 6.71. The first-order valence-electron chi connectivity index (χ1n) is 0.710. The third-order valence-corrected chi connectivity index (χ3v) is 0. The SMILES string of the molecule is [CH-]=O.[CH-]=O.[I][Pt+2][I]. The molecule has 0 atom stereocenters. The molecular formula is C2H2I2O2Pt. The molecular weight excluding hydrogens is 505 g/mol. The van der Waals surface area contributed by atoms with E-state index in [0.29, 0.717) is 11.2 Å². The topological polar surface area (TPSA) is 34.1 Å². The maximum absolute atomic E-state index is 7.75. The Bertz CT molecular complexity index is 21.2. The van der Waals surface area contributed by atoms with E-state index in [9.17, 15) is 0 Å². The Morgan fingerprint density at radius 2 is 1.00 bits per heavy atom. The second-order valence-electron chi connectivity index (χ2n) is 0.0452. The zero-order valence-corrected chi connectivity index (χ0v) is 9.63. The molecule has 0 fully saturated rings. The summed E-state index contributed by atoms with van der Waals surface area (Å²) in [6, 6.07) is 0. The molecule has 7 heavy (non-hydrogen) atoms. The Balaban J connectivity index is -0.0000000360. The Hall–Kier alpha value is 1.49. The second kappa shape index (κ2) is 50.9. The molecule has 0 amide bonds. The average molecular weight is 507 g/mol. The molecule has 0 aliphatic heterocycles. The first-order chi connectivity index (χ1) is 3.41. The minimum atomic E-state index is 0.523. The van der Waals surface area contributed by atoms with Gasteiger partial charge < -0.3 is 9.59 Å². The van der Waals surface area contributed by atoms with E-state index in [4.69, 9.17) is 9.59 Å². The summed E-state index contributed by atoms with van der Waals surface area (Å²) in [7, 11) is 0. The molecule has 0 bridgehead atoms. The number of hydrogen-bond acceptors (Lipinski definition) is 2. The minimum absolute atomic E-state index is 0.523. The molecule has 0 unspecified atom stereocenters. The van der Waals surface area contributed by atoms with Gasteiger partial charge in [-0.15, -0.1) is 0 Å². The van der Waals surface area contributed by atoms with Gasteiger partial charge in [0, 0.05) is 0 Å². The summed E-state index contributed by atoms with van der Waals surface area (Å²) < 4.78 is 0. The molecule has 0 rings (SSSR count). The molecule has 0 aromatic rings. The van der Waals surface area contributed by atoms with Crippen LogP contribution < -0.4 is 0 Å². The van der Waals surface area contributed by atoms with Gasteiger partial charge in [-0.1, -0.05) is 0 Å². The van der Waals surface area contributed by atoms with Crippen LogP contribution in [0.2, 0.25) is 0 Å². The predicted molar refractivity (Wildman–Crippen MR) is 41.5 cm³/mol. The van der Waals surface area contributed by atoms with Gasteiger partial charge in [0.15, 0.2) is 0 Å². The van der Waals surface area contributed by atoms with Crippen LogP contribution in [0.3, 0.4) is 0 Å². The van der Waals surface area contributed by atoms with Crippen molar-refractivity contribution in [2.24, 2.45) is 0 Å². The van der Waals surface area contributed by atoms with Crippen LogP contribution in [0.15, 0.2) is 0 Å². The van der Waals surface area contributed by atoms with Gasteiger partial charge in [0.25, 0.3) is 0 Å². The molecule has 5 heteroatoms. The zero-order valence-electron chi connectivity index (χ0n) is 3.04. The molecule has 0 aliphatic carbocycles. The van der Waals surface area contributed by atoms with Gasteiger partial charge in [0.05, 0.1) is 0 Å². The van der Waals surface area contributed by atoms with Gasteiger partial charge in [-0.2, -0.15) is 0 Å². The summed E-state index contributed by atoms with van der Waals surface area (Å²) in [6.45, 7) is 6.50. The molecule has 0 radical (unpaired) electrons. The van der Waals surface area contributed by atoms with Crippen LogP contribution in [-0.2, 0) is 20.8 Å². The molecule has 0 aromatic carbocycles. The maximum atomic E-state index is 7.75. The van der Waals surface area contributed by atoms with Crippen molar-refractivity contribution in [2.75, 3.05) is 0 Å². The van der Waals surface area contributed by atoms with Gasteiger partial charge in [-0.05, 0) is 0 Å². The molecule has 0 spiro atoms. The number of carbonyl (C=O) groups excluding carboxylic acids is 2. The van der Waals surface area contributed by atoms with Crippen molar-refractivity contribution in [1.82, 2.24) is 0 Å². The molecule has 0 aliphatic rings. The van der Waals surface area contributed by atoms with Crippen molar-refractivity contribution in [3.63, 3.8) is 0 Å². The summed E-state index contributed by atoms with van der Waals surface area (Å²) in [4.78, 5) is 15.5. The van der Waals surface area contributed by atoms with Gasteiger partial charge in [-0.25, -0.2) is 0 Å². The van der Waals surface area contributed by atoms with E-state index < -0.39 is 0 Å². The van der Waals surface area contributed by atoms with Crippen LogP contribution in [0.25, 0.3) is 0 Å². The van der Waals surface area contributed by atoms with Crippen molar-refractivity contribution in [3.05, 3.63) is 0 Å². The summed E-state index contributed by atoms with van der Waals surface area (Å²) in [5.74, 6) is 0. The van der Waals surface area contributed by atoms with Crippen LogP contribution in [0, 0.1) is 0 Å². The van der Waals surface area contributed by atoms with E-state index in [1.54, 1.807) is 0 Å². The summed E-state index contributed by atoms with van der Waals surface area (Å²) in [6.07, 6.45) is 0. The number of hydrogen-bond donors (Lipinski definition) is 0. The van der Waals surface area contributed by atoms with E-state index in [-0.39, 0.29) is 0 Å². The van der Waals surface area contributed by atoms with Crippen molar-refractivity contribution in [3.8, 4) is 0 Å². The Morgan fingerprint density at radius 3 is 1.00 bits per heavy atom. The van der Waals surface area contributed by atoms with Gasteiger partial charge >= 0.3 is 49.9 Å². The second-order valence-corrected chi connectivity index (χ2v) is 16.6. The van der Waals surface area contributed by atoms with Crippen molar-refractivity contribution >= 4 is 52.3 Å². The van der Waals surface area contributed by atoms with Crippen molar-refractivity contribution < 1.29 is 20.8 Å². The molecule has 0 heterocycles. The fraction of sp³-hybridized carbons (Fsp3) is 0. The van der Waals surface area contributed by atoms with Gasteiger partial charge in [0.2, 0.25) is 0 Å². The van der Waals surface area contributed by atoms with Crippen molar-refractivity contribution in [2.45, 2.75) is 0 Å². The summed E-state index contributed by atoms with van der Waals surface area (Å²) >= 11 is 5.30. The molecule has 0 saturated carbocycles. The van der Waals surface area contributed by atoms with Crippen LogP contribution in [0.1, 0.15) is 0 Å². The molecule has 0 N–H and O–H groups in total. The average Bonchev–Trinajstić information content (AvgIpc) is 1.78. The molecule has 0 aromatic heterocycles. The first kappa shape index (κ1) is 15.8. The van der Waals surface area contributed by atoms with Gasteiger partial charge in [-0.3, -0.25) is 13.6 Å². The normalized spacial score (nSPS) is 4.29. The fourth-order valence-electron chi connectivity index (χ4n) is 0. The quantitative estimate of drug-likeness (QED) is 0.281. The number of halogens is 2. The van der Waals surface area contributed by atoms with E-state index >= 15 is 0 Å². The fourth-order valence-corrected chi connectivity index (χ4v) is 0. The van der Waals surface area contributed by atoms with E-state index in [0.717, 1.165) is 0 Å². The van der Waals surface area contributed by atoms with E-state index in [1.807, 2.05) is 0 Å². The molecule has 2 nitrogen and oxygen atoms in total. The summed E-state index contributed by atoms with van der Waals surface area (Å²) in [5.41, 5.74) is 0. The number of rotatable bonds is 0. The third-order valence-electron chi connectivity index (χ3n) is 0. The van der Waals surface area contributed by atoms with E-state index in [2.05, 4.69) is 52.3 Å². The van der Waals surface area contributed by atoms with Crippen LogP contribution in [0.5, 0.6) is 0 Å². The van der Waals surface area contributed by atoms with Crippen LogP contribution >= 0.6 is 38.7 Å². The van der Waals surface area contributed by atoms with Crippen LogP contribution in [0.4, 0.5) is 0 Å². The summed E-state index contributed by atoms with van der Waals surface area (Å²) in [5, 5.41) is 0. The Labute approximate surface area is 72.0 Å². The monoisotopic (exact) mass is 507 g/mol. The Kier molecular flexibility index (Phi) is 115. The van der Waals surface area contributed by atoms with Crippen LogP contribution in [-0.4, -0.2) is 13.6 Å². The standard InChI is InChI=1S/2CHO.2HI.Pt/c2*1-2;;;/h2*1H;2*1H;/q2*-1;;;+4/p-2. The first-order valence-corrected chi connectivity index (χ1v) is 13.6. The van der Waals surface area contributed by atoms with Crippen molar-refractivity contribution in [1.29, 1.82) is 0 Å². The molecule has 46 valence electrons. The third kappa shape index (κ3) is 102.